The molecule has 1 atom stereocenters. The summed E-state index contributed by atoms with van der Waals surface area (Å²) < 4.78 is 5.27. The molecule has 1 fully saturated rings. The van der Waals surface area contributed by atoms with Gasteiger partial charge in [-0.25, -0.2) is 5.01 Å². The van der Waals surface area contributed by atoms with Gasteiger partial charge in [-0.1, -0.05) is 42.5 Å². The van der Waals surface area contributed by atoms with Crippen molar-refractivity contribution in [2.75, 3.05) is 26.7 Å². The number of nitrogens with one attached hydrogen (secondary N) is 1. The number of hydrogen-bond donors (Lipinski definition) is 1. The van der Waals surface area contributed by atoms with E-state index >= 15 is 0 Å². The molecule has 140 valence electrons. The molecule has 5 nitrogen and oxygen atoms in total. The van der Waals surface area contributed by atoms with Crippen molar-refractivity contribution in [2.45, 2.75) is 25.3 Å². The standard InChI is InChI=1S/C22H25N3O2/c1-27-19-11-9-18(10-12-19)21-15-20(17-7-3-2-4-8-17)23-25(21)22(26)16-24-13-5-6-14-24/h2-4,7-12,21H,5-6,13-16H2,1H3/p+1/t21-/m1/s1. The summed E-state index contributed by atoms with van der Waals surface area (Å²) in [6, 6.07) is 18.1. The summed E-state index contributed by atoms with van der Waals surface area (Å²) in [4.78, 5) is 14.4. The molecular formula is C22H26N3O2+. The molecule has 2 aliphatic rings. The maximum absolute atomic E-state index is 13.1. The van der Waals surface area contributed by atoms with Gasteiger partial charge in [-0.2, -0.15) is 5.10 Å². The third kappa shape index (κ3) is 3.88. The van der Waals surface area contributed by atoms with Crippen LogP contribution in [0.5, 0.6) is 5.75 Å². The second-order valence-corrected chi connectivity index (χ2v) is 7.28. The van der Waals surface area contributed by atoms with Crippen LogP contribution in [0.4, 0.5) is 0 Å². The molecule has 0 radical (unpaired) electrons. The fourth-order valence-corrected chi connectivity index (χ4v) is 3.98. The summed E-state index contributed by atoms with van der Waals surface area (Å²) >= 11 is 0. The quantitative estimate of drug-likeness (QED) is 0.883. The van der Waals surface area contributed by atoms with Crippen molar-refractivity contribution >= 4 is 11.6 Å². The minimum absolute atomic E-state index is 0.0550. The van der Waals surface area contributed by atoms with E-state index in [0.717, 1.165) is 42.1 Å². The van der Waals surface area contributed by atoms with Crippen LogP contribution in [0.1, 0.15) is 36.4 Å². The minimum atomic E-state index is -0.0550. The Morgan fingerprint density at radius 3 is 2.48 bits per heavy atom. The van der Waals surface area contributed by atoms with Crippen LogP contribution in [-0.4, -0.2) is 43.4 Å². The normalized spacial score (nSPS) is 20.0. The van der Waals surface area contributed by atoms with Gasteiger partial charge in [0, 0.05) is 19.3 Å². The summed E-state index contributed by atoms with van der Waals surface area (Å²) in [6.45, 7) is 2.70. The van der Waals surface area contributed by atoms with Gasteiger partial charge in [0.05, 0.1) is 32.0 Å². The number of likely N-dealkylation sites (tertiary alicyclic amines) is 1. The SMILES string of the molecule is COc1ccc([C@H]2CC(c3ccccc3)=NN2C(=O)C[NH+]2CCCC2)cc1. The smallest absolute Gasteiger partial charge is 0.298 e. The first-order valence-electron chi connectivity index (χ1n) is 9.67. The highest BCUT2D eigenvalue weighted by atomic mass is 16.5. The Balaban J connectivity index is 1.60. The van der Waals surface area contributed by atoms with Crippen LogP contribution in [0.15, 0.2) is 59.7 Å². The number of hydrogen-bond acceptors (Lipinski definition) is 3. The van der Waals surface area contributed by atoms with Gasteiger partial charge in [0.25, 0.3) is 5.91 Å². The van der Waals surface area contributed by atoms with Crippen LogP contribution in [0.25, 0.3) is 0 Å². The van der Waals surface area contributed by atoms with E-state index in [2.05, 4.69) is 12.1 Å². The van der Waals surface area contributed by atoms with E-state index in [0.29, 0.717) is 6.54 Å². The molecule has 2 heterocycles. The Hall–Kier alpha value is -2.66. The summed E-state index contributed by atoms with van der Waals surface area (Å²) in [5, 5.41) is 6.47. The third-order valence-corrected chi connectivity index (χ3v) is 5.49. The summed E-state index contributed by atoms with van der Waals surface area (Å²) in [6.07, 6.45) is 3.16. The van der Waals surface area contributed by atoms with Gasteiger partial charge in [-0.05, 0) is 23.3 Å². The van der Waals surface area contributed by atoms with Crippen LogP contribution in [0.2, 0.25) is 0 Å². The topological polar surface area (TPSA) is 46.3 Å². The average Bonchev–Trinajstić information content (AvgIpc) is 3.39. The zero-order valence-electron chi connectivity index (χ0n) is 15.7. The Morgan fingerprint density at radius 2 is 1.81 bits per heavy atom. The van der Waals surface area contributed by atoms with Crippen molar-refractivity contribution in [1.82, 2.24) is 5.01 Å². The molecule has 4 rings (SSSR count). The van der Waals surface area contributed by atoms with E-state index in [1.807, 2.05) is 42.5 Å². The van der Waals surface area contributed by atoms with Gasteiger partial charge in [0.2, 0.25) is 0 Å². The molecule has 0 aliphatic carbocycles. The number of benzene rings is 2. The molecule has 0 unspecified atom stereocenters. The Bertz CT molecular complexity index is 811. The molecule has 1 N–H and O–H groups in total. The zero-order chi connectivity index (χ0) is 18.6. The van der Waals surface area contributed by atoms with Gasteiger partial charge in [-0.3, -0.25) is 4.79 Å². The minimum Gasteiger partial charge on any atom is -0.497 e. The highest BCUT2D eigenvalue weighted by Crippen LogP contribution is 2.33. The van der Waals surface area contributed by atoms with Crippen molar-refractivity contribution in [1.29, 1.82) is 0 Å². The number of ether oxygens (including phenoxy) is 1. The van der Waals surface area contributed by atoms with E-state index in [-0.39, 0.29) is 11.9 Å². The lowest BCUT2D eigenvalue weighted by Crippen LogP contribution is -3.11. The molecule has 1 amide bonds. The van der Waals surface area contributed by atoms with Gasteiger partial charge >= 0.3 is 0 Å². The molecular weight excluding hydrogens is 338 g/mol. The zero-order valence-corrected chi connectivity index (χ0v) is 15.7. The number of methoxy groups -OCH3 is 1. The van der Waals surface area contributed by atoms with Crippen LogP contribution < -0.4 is 9.64 Å². The van der Waals surface area contributed by atoms with Gasteiger partial charge in [0.1, 0.15) is 5.75 Å². The van der Waals surface area contributed by atoms with Gasteiger partial charge in [-0.15, -0.1) is 0 Å². The molecule has 27 heavy (non-hydrogen) atoms. The van der Waals surface area contributed by atoms with E-state index in [1.54, 1.807) is 12.1 Å². The maximum atomic E-state index is 13.1. The maximum Gasteiger partial charge on any atom is 0.298 e. The van der Waals surface area contributed by atoms with Gasteiger partial charge in [0.15, 0.2) is 6.54 Å². The molecule has 2 aliphatic heterocycles. The first-order valence-corrected chi connectivity index (χ1v) is 9.67. The molecule has 0 aromatic heterocycles. The van der Waals surface area contributed by atoms with Crippen molar-refractivity contribution < 1.29 is 14.4 Å². The van der Waals surface area contributed by atoms with Crippen molar-refractivity contribution in [3.8, 4) is 5.75 Å². The highest BCUT2D eigenvalue weighted by Gasteiger charge is 2.35. The lowest BCUT2D eigenvalue weighted by Gasteiger charge is -2.23. The fraction of sp³-hybridized carbons (Fsp3) is 0.364. The molecule has 0 spiro atoms. The monoisotopic (exact) mass is 364 g/mol. The van der Waals surface area contributed by atoms with E-state index < -0.39 is 0 Å². The highest BCUT2D eigenvalue weighted by molar-refractivity contribution is 6.03. The van der Waals surface area contributed by atoms with Crippen LogP contribution in [0.3, 0.4) is 0 Å². The molecule has 0 saturated carbocycles. The predicted octanol–water partition coefficient (Wildman–Crippen LogP) is 2.05. The molecule has 1 saturated heterocycles. The number of amides is 1. The number of rotatable bonds is 5. The lowest BCUT2D eigenvalue weighted by molar-refractivity contribution is -0.879. The number of carbonyl (C=O) groups excluding carboxylic acids is 1. The first kappa shape index (κ1) is 17.7. The fourth-order valence-electron chi connectivity index (χ4n) is 3.98. The summed E-state index contributed by atoms with van der Waals surface area (Å²) in [5.74, 6) is 0.930. The molecule has 0 bridgehead atoms. The Kier molecular flexibility index (Phi) is 5.21. The van der Waals surface area contributed by atoms with Crippen molar-refractivity contribution in [3.05, 3.63) is 65.7 Å². The predicted molar refractivity (Wildman–Crippen MR) is 105 cm³/mol. The number of nitrogens with zero attached hydrogens (tertiary/aromatic N) is 2. The summed E-state index contributed by atoms with van der Waals surface area (Å²) in [7, 11) is 1.66. The second-order valence-electron chi connectivity index (χ2n) is 7.28. The average molecular weight is 364 g/mol. The Morgan fingerprint density at radius 1 is 1.11 bits per heavy atom. The Labute approximate surface area is 160 Å². The van der Waals surface area contributed by atoms with Gasteiger partial charge < -0.3 is 9.64 Å². The second kappa shape index (κ2) is 7.92. The number of hydrazone groups is 1. The number of carbonyl (C=O) groups is 1. The largest absolute Gasteiger partial charge is 0.497 e. The number of quaternary nitrogens is 1. The van der Waals surface area contributed by atoms with Crippen molar-refractivity contribution in [2.24, 2.45) is 5.10 Å². The summed E-state index contributed by atoms with van der Waals surface area (Å²) in [5.41, 5.74) is 3.15. The molecule has 5 heteroatoms. The van der Waals surface area contributed by atoms with E-state index in [9.17, 15) is 4.79 Å². The molecule has 2 aromatic rings. The van der Waals surface area contributed by atoms with Crippen LogP contribution >= 0.6 is 0 Å². The third-order valence-electron chi connectivity index (χ3n) is 5.49. The van der Waals surface area contributed by atoms with Crippen LogP contribution in [-0.2, 0) is 4.79 Å². The first-order chi connectivity index (χ1) is 13.2. The van der Waals surface area contributed by atoms with E-state index in [1.165, 1.54) is 17.7 Å². The lowest BCUT2D eigenvalue weighted by atomic mass is 9.98. The molecule has 2 aromatic carbocycles. The van der Waals surface area contributed by atoms with Crippen LogP contribution in [0, 0.1) is 0 Å². The van der Waals surface area contributed by atoms with Crippen molar-refractivity contribution in [3.63, 3.8) is 0 Å². The van der Waals surface area contributed by atoms with E-state index in [4.69, 9.17) is 9.84 Å².